The van der Waals surface area contributed by atoms with Gasteiger partial charge in [0.05, 0.1) is 12.2 Å². The van der Waals surface area contributed by atoms with Crippen LogP contribution in [-0.4, -0.2) is 22.4 Å². The van der Waals surface area contributed by atoms with Gasteiger partial charge in [0.25, 0.3) is 0 Å². The van der Waals surface area contributed by atoms with Crippen molar-refractivity contribution in [1.29, 1.82) is 0 Å². The average molecular weight is 571 g/mol. The minimum atomic E-state index is -0.223. The minimum Gasteiger partial charge on any atom is -0.393 e. The quantitative estimate of drug-likeness (QED) is 0.243. The molecule has 0 radical (unpaired) electrons. The molecular formula is C40H58O2. The lowest BCUT2D eigenvalue weighted by Crippen LogP contribution is -2.28. The molecule has 2 N–H and O–H groups in total. The number of rotatable bonds is 11. The highest BCUT2D eigenvalue weighted by Crippen LogP contribution is 2.42. The van der Waals surface area contributed by atoms with Gasteiger partial charge in [0.2, 0.25) is 0 Å². The van der Waals surface area contributed by atoms with Crippen molar-refractivity contribution in [3.8, 4) is 0 Å². The summed E-state index contributed by atoms with van der Waals surface area (Å²) in [7, 11) is 0. The van der Waals surface area contributed by atoms with Crippen molar-refractivity contribution in [2.45, 2.75) is 120 Å². The summed E-state index contributed by atoms with van der Waals surface area (Å²) in [4.78, 5) is 0. The van der Waals surface area contributed by atoms with Crippen molar-refractivity contribution >= 4 is 0 Å². The van der Waals surface area contributed by atoms with E-state index < -0.39 is 0 Å². The van der Waals surface area contributed by atoms with Gasteiger partial charge in [-0.2, -0.15) is 0 Å². The van der Waals surface area contributed by atoms with E-state index in [1.807, 2.05) is 0 Å². The van der Waals surface area contributed by atoms with Crippen LogP contribution in [0.1, 0.15) is 108 Å². The highest BCUT2D eigenvalue weighted by Gasteiger charge is 2.32. The summed E-state index contributed by atoms with van der Waals surface area (Å²) in [5.74, 6) is 0. The molecule has 0 saturated carbocycles. The largest absolute Gasteiger partial charge is 0.393 e. The molecule has 0 amide bonds. The Morgan fingerprint density at radius 2 is 1.12 bits per heavy atom. The molecule has 2 heteroatoms. The summed E-state index contributed by atoms with van der Waals surface area (Å²) < 4.78 is 0. The van der Waals surface area contributed by atoms with E-state index in [1.165, 1.54) is 44.6 Å². The topological polar surface area (TPSA) is 40.5 Å². The van der Waals surface area contributed by atoms with Gasteiger partial charge in [0.1, 0.15) is 0 Å². The first-order chi connectivity index (χ1) is 19.6. The lowest BCUT2D eigenvalue weighted by atomic mass is 9.71. The molecule has 0 aromatic carbocycles. The van der Waals surface area contributed by atoms with Gasteiger partial charge in [0, 0.05) is 0 Å². The van der Waals surface area contributed by atoms with Crippen LogP contribution in [0.15, 0.2) is 117 Å². The van der Waals surface area contributed by atoms with Gasteiger partial charge in [-0.15, -0.1) is 0 Å². The van der Waals surface area contributed by atoms with Crippen LogP contribution in [0.5, 0.6) is 0 Å². The average Bonchev–Trinajstić information content (AvgIpc) is 2.84. The minimum absolute atomic E-state index is 0.00964. The van der Waals surface area contributed by atoms with Crippen molar-refractivity contribution in [3.05, 3.63) is 117 Å². The van der Waals surface area contributed by atoms with Crippen molar-refractivity contribution in [2.75, 3.05) is 0 Å². The molecule has 0 unspecified atom stereocenters. The molecule has 0 heterocycles. The van der Waals surface area contributed by atoms with Gasteiger partial charge in [-0.3, -0.25) is 0 Å². The fraction of sp³-hybridized carbons (Fsp3) is 0.500. The van der Waals surface area contributed by atoms with E-state index in [9.17, 15) is 10.2 Å². The molecule has 0 bridgehead atoms. The number of allylic oxidation sites excluding steroid dienone is 18. The molecule has 0 aliphatic heterocycles. The van der Waals surface area contributed by atoms with Crippen LogP contribution < -0.4 is 0 Å². The van der Waals surface area contributed by atoms with Crippen LogP contribution in [0, 0.1) is 10.8 Å². The Labute approximate surface area is 258 Å². The molecule has 2 atom stereocenters. The Bertz CT molecular complexity index is 1240. The Hall–Kier alpha value is -2.68. The third-order valence-electron chi connectivity index (χ3n) is 8.55. The van der Waals surface area contributed by atoms with Gasteiger partial charge in [-0.25, -0.2) is 0 Å². The zero-order valence-electron chi connectivity index (χ0n) is 28.2. The van der Waals surface area contributed by atoms with Crippen molar-refractivity contribution < 1.29 is 10.2 Å². The lowest BCUT2D eigenvalue weighted by molar-refractivity contribution is 0.116. The maximum atomic E-state index is 10.1. The van der Waals surface area contributed by atoms with Crippen molar-refractivity contribution in [1.82, 2.24) is 0 Å². The molecule has 0 aromatic heterocycles. The van der Waals surface area contributed by atoms with Crippen LogP contribution in [-0.2, 0) is 0 Å². The maximum Gasteiger partial charge on any atom is 0.0585 e. The summed E-state index contributed by atoms with van der Waals surface area (Å²) in [5, 5.41) is 20.2. The third kappa shape index (κ3) is 11.9. The number of hydrogen-bond acceptors (Lipinski definition) is 2. The molecule has 230 valence electrons. The van der Waals surface area contributed by atoms with E-state index in [-0.39, 0.29) is 23.0 Å². The Morgan fingerprint density at radius 1 is 0.667 bits per heavy atom. The number of hydrogen-bond donors (Lipinski definition) is 2. The summed E-state index contributed by atoms with van der Waals surface area (Å²) >= 11 is 0. The summed E-state index contributed by atoms with van der Waals surface area (Å²) in [6.45, 7) is 21.8. The van der Waals surface area contributed by atoms with Crippen LogP contribution in [0.3, 0.4) is 0 Å². The molecule has 0 fully saturated rings. The van der Waals surface area contributed by atoms with Crippen LogP contribution in [0.25, 0.3) is 0 Å². The van der Waals surface area contributed by atoms with Crippen LogP contribution in [0.4, 0.5) is 0 Å². The van der Waals surface area contributed by atoms with E-state index in [1.54, 1.807) is 0 Å². The predicted octanol–water partition coefficient (Wildman–Crippen LogP) is 10.8. The zero-order chi connectivity index (χ0) is 31.5. The van der Waals surface area contributed by atoms with E-state index in [2.05, 4.69) is 142 Å². The van der Waals surface area contributed by atoms with Gasteiger partial charge in [0.15, 0.2) is 0 Å². The van der Waals surface area contributed by atoms with Crippen molar-refractivity contribution in [3.63, 3.8) is 0 Å². The smallest absolute Gasteiger partial charge is 0.0585 e. The monoisotopic (exact) mass is 570 g/mol. The Kier molecular flexibility index (Phi) is 13.7. The van der Waals surface area contributed by atoms with E-state index >= 15 is 0 Å². The zero-order valence-corrected chi connectivity index (χ0v) is 28.2. The molecular weight excluding hydrogens is 512 g/mol. The second-order valence-electron chi connectivity index (χ2n) is 14.0. The highest BCUT2D eigenvalue weighted by molar-refractivity contribution is 5.38. The van der Waals surface area contributed by atoms with Gasteiger partial charge in [-0.05, 0) is 102 Å². The van der Waals surface area contributed by atoms with Gasteiger partial charge < -0.3 is 10.2 Å². The first kappa shape index (κ1) is 35.5. The fourth-order valence-electron chi connectivity index (χ4n) is 6.36. The normalized spacial score (nSPS) is 24.9. The molecule has 2 aliphatic carbocycles. The number of aliphatic hydroxyl groups excluding tert-OH is 2. The standard InChI is InChI=1S/C40H58O2/c1-29(17-13-19-31(3)21-23-37-33(5)25-35(41)27-39(37,7)8)15-11-12-16-30(2)18-14-20-32(4)22-24-38-34(6)26-36(42)28-40(38,9)10/h11-13,15-17,19-24,35-36,41-42H,14,18,25-28H2,1-10H3/b12-11+,17-13+,23-21+,24-22-,29-15+,30-16+,31-19+,32-20+/t35-,36+/m0/s1. The molecule has 0 saturated heterocycles. The first-order valence-electron chi connectivity index (χ1n) is 15.8. The Balaban J connectivity index is 1.85. The molecule has 2 aliphatic rings. The second kappa shape index (κ2) is 16.2. The third-order valence-corrected chi connectivity index (χ3v) is 8.55. The van der Waals surface area contributed by atoms with Crippen LogP contribution >= 0.6 is 0 Å². The Morgan fingerprint density at radius 3 is 1.64 bits per heavy atom. The lowest BCUT2D eigenvalue weighted by Gasteiger charge is -2.35. The molecule has 2 nitrogen and oxygen atoms in total. The second-order valence-corrected chi connectivity index (χ2v) is 14.0. The first-order valence-corrected chi connectivity index (χ1v) is 15.8. The van der Waals surface area contributed by atoms with Crippen molar-refractivity contribution in [2.24, 2.45) is 10.8 Å². The molecule has 2 rings (SSSR count). The molecule has 0 aromatic rings. The fourth-order valence-corrected chi connectivity index (χ4v) is 6.36. The summed E-state index contributed by atoms with van der Waals surface area (Å²) in [6, 6.07) is 0. The highest BCUT2D eigenvalue weighted by atomic mass is 16.3. The maximum absolute atomic E-state index is 10.1. The predicted molar refractivity (Wildman–Crippen MR) is 184 cm³/mol. The summed E-state index contributed by atoms with van der Waals surface area (Å²) in [5.41, 5.74) is 10.4. The van der Waals surface area contributed by atoms with Gasteiger partial charge in [-0.1, -0.05) is 134 Å². The van der Waals surface area contributed by atoms with Crippen LogP contribution in [0.2, 0.25) is 0 Å². The molecule has 0 spiro atoms. The van der Waals surface area contributed by atoms with E-state index in [0.29, 0.717) is 0 Å². The van der Waals surface area contributed by atoms with E-state index in [4.69, 9.17) is 0 Å². The van der Waals surface area contributed by atoms with E-state index in [0.717, 1.165) is 38.5 Å². The summed E-state index contributed by atoms with van der Waals surface area (Å²) in [6.07, 6.45) is 31.0. The van der Waals surface area contributed by atoms with Gasteiger partial charge >= 0.3 is 0 Å². The SMILES string of the molecule is CC1=C(/C=C\C(C)=C\CC/C(C)=C/C=C/C=C(C)/C=C/C=C(C)/C=C/C2=C(C)C[C@H](O)CC2(C)C)C(C)(C)C[C@H](O)C1. The molecule has 42 heavy (non-hydrogen) atoms. The number of aliphatic hydroxyl groups is 2.